The van der Waals surface area contributed by atoms with E-state index in [0.29, 0.717) is 22.7 Å². The standard InChI is InChI=1S/C18H20N2O4/c1-20(18(22)13-4-8-15(23-2)9-5-13)12-17(21)19-14-6-10-16(24-3)11-7-14/h4-11H,12H2,1-3H3,(H,19,21). The molecule has 2 rings (SSSR count). The third-order valence-corrected chi connectivity index (χ3v) is 3.44. The molecule has 0 aliphatic rings. The van der Waals surface area contributed by atoms with Crippen LogP contribution in [0.15, 0.2) is 48.5 Å². The Labute approximate surface area is 141 Å². The highest BCUT2D eigenvalue weighted by atomic mass is 16.5. The number of anilines is 1. The van der Waals surface area contributed by atoms with Crippen LogP contribution in [0.5, 0.6) is 11.5 Å². The van der Waals surface area contributed by atoms with Crippen LogP contribution in [-0.2, 0) is 4.79 Å². The second-order valence-corrected chi connectivity index (χ2v) is 5.17. The molecule has 0 fully saturated rings. The van der Waals surface area contributed by atoms with E-state index in [1.807, 2.05) is 0 Å². The number of benzene rings is 2. The van der Waals surface area contributed by atoms with Crippen molar-refractivity contribution in [2.75, 3.05) is 33.1 Å². The van der Waals surface area contributed by atoms with E-state index in [4.69, 9.17) is 9.47 Å². The van der Waals surface area contributed by atoms with E-state index in [1.54, 1.807) is 69.8 Å². The van der Waals surface area contributed by atoms with Crippen LogP contribution in [0.4, 0.5) is 5.69 Å². The van der Waals surface area contributed by atoms with Crippen molar-refractivity contribution in [3.05, 3.63) is 54.1 Å². The van der Waals surface area contributed by atoms with Gasteiger partial charge in [0.2, 0.25) is 5.91 Å². The van der Waals surface area contributed by atoms with E-state index in [1.165, 1.54) is 4.90 Å². The number of hydrogen-bond acceptors (Lipinski definition) is 4. The molecular weight excluding hydrogens is 308 g/mol. The molecule has 0 saturated heterocycles. The number of rotatable bonds is 6. The van der Waals surface area contributed by atoms with Gasteiger partial charge in [-0.3, -0.25) is 9.59 Å². The minimum atomic E-state index is -0.274. The lowest BCUT2D eigenvalue weighted by atomic mass is 10.2. The molecule has 2 amide bonds. The number of nitrogens with zero attached hydrogens (tertiary/aromatic N) is 1. The lowest BCUT2D eigenvalue weighted by Crippen LogP contribution is -2.34. The predicted octanol–water partition coefficient (Wildman–Crippen LogP) is 2.41. The zero-order chi connectivity index (χ0) is 17.5. The summed E-state index contributed by atoms with van der Waals surface area (Å²) in [5, 5.41) is 2.74. The Morgan fingerprint density at radius 2 is 1.42 bits per heavy atom. The molecule has 0 aliphatic heterocycles. The second-order valence-electron chi connectivity index (χ2n) is 5.17. The Hall–Kier alpha value is -3.02. The van der Waals surface area contributed by atoms with Crippen LogP contribution in [0, 0.1) is 0 Å². The van der Waals surface area contributed by atoms with Gasteiger partial charge in [0.1, 0.15) is 11.5 Å². The Morgan fingerprint density at radius 1 is 0.917 bits per heavy atom. The van der Waals surface area contributed by atoms with Crippen molar-refractivity contribution in [3.8, 4) is 11.5 Å². The van der Waals surface area contributed by atoms with Gasteiger partial charge in [-0.1, -0.05) is 0 Å². The number of ether oxygens (including phenoxy) is 2. The zero-order valence-electron chi connectivity index (χ0n) is 13.9. The maximum absolute atomic E-state index is 12.3. The third kappa shape index (κ3) is 4.49. The van der Waals surface area contributed by atoms with Gasteiger partial charge < -0.3 is 19.7 Å². The van der Waals surface area contributed by atoms with Gasteiger partial charge in [-0.2, -0.15) is 0 Å². The Balaban J connectivity index is 1.92. The Bertz CT molecular complexity index is 696. The number of amides is 2. The molecule has 0 spiro atoms. The number of carbonyl (C=O) groups excluding carboxylic acids is 2. The van der Waals surface area contributed by atoms with E-state index in [9.17, 15) is 9.59 Å². The van der Waals surface area contributed by atoms with Gasteiger partial charge in [-0.05, 0) is 48.5 Å². The summed E-state index contributed by atoms with van der Waals surface area (Å²) in [7, 11) is 4.72. The number of methoxy groups -OCH3 is 2. The molecule has 24 heavy (non-hydrogen) atoms. The Kier molecular flexibility index (Phi) is 5.78. The molecule has 0 radical (unpaired) electrons. The highest BCUT2D eigenvalue weighted by molar-refractivity contribution is 5.99. The third-order valence-electron chi connectivity index (χ3n) is 3.44. The molecule has 0 bridgehead atoms. The van der Waals surface area contributed by atoms with Crippen molar-refractivity contribution in [2.24, 2.45) is 0 Å². The van der Waals surface area contributed by atoms with Crippen LogP contribution in [0.1, 0.15) is 10.4 Å². The van der Waals surface area contributed by atoms with Gasteiger partial charge in [0.25, 0.3) is 5.91 Å². The first-order chi connectivity index (χ1) is 11.5. The lowest BCUT2D eigenvalue weighted by Gasteiger charge is -2.17. The van der Waals surface area contributed by atoms with Crippen LogP contribution < -0.4 is 14.8 Å². The monoisotopic (exact) mass is 328 g/mol. The van der Waals surface area contributed by atoms with Crippen molar-refractivity contribution in [1.29, 1.82) is 0 Å². The van der Waals surface area contributed by atoms with Gasteiger partial charge in [0.05, 0.1) is 20.8 Å². The molecule has 126 valence electrons. The number of carbonyl (C=O) groups is 2. The van der Waals surface area contributed by atoms with Crippen LogP contribution in [0.25, 0.3) is 0 Å². The molecular formula is C18H20N2O4. The molecule has 0 aliphatic carbocycles. The summed E-state index contributed by atoms with van der Waals surface area (Å²) in [5.74, 6) is 0.873. The molecule has 0 aromatic heterocycles. The molecule has 0 saturated carbocycles. The van der Waals surface area contributed by atoms with Crippen LogP contribution in [0.2, 0.25) is 0 Å². The summed E-state index contributed by atoms with van der Waals surface area (Å²) in [4.78, 5) is 25.7. The fraction of sp³-hybridized carbons (Fsp3) is 0.222. The van der Waals surface area contributed by atoms with E-state index in [2.05, 4.69) is 5.32 Å². The summed E-state index contributed by atoms with van der Waals surface area (Å²) >= 11 is 0. The van der Waals surface area contributed by atoms with Crippen molar-refractivity contribution >= 4 is 17.5 Å². The summed E-state index contributed by atoms with van der Waals surface area (Å²) in [6, 6.07) is 13.7. The first kappa shape index (κ1) is 17.3. The number of likely N-dealkylation sites (N-methyl/N-ethyl adjacent to an activating group) is 1. The average molecular weight is 328 g/mol. The van der Waals surface area contributed by atoms with E-state index >= 15 is 0 Å². The molecule has 0 heterocycles. The van der Waals surface area contributed by atoms with Crippen molar-refractivity contribution in [3.63, 3.8) is 0 Å². The van der Waals surface area contributed by atoms with Crippen molar-refractivity contribution < 1.29 is 19.1 Å². The fourth-order valence-electron chi connectivity index (χ4n) is 2.12. The first-order valence-electron chi connectivity index (χ1n) is 7.37. The van der Waals surface area contributed by atoms with Crippen molar-refractivity contribution in [1.82, 2.24) is 4.90 Å². The first-order valence-corrected chi connectivity index (χ1v) is 7.37. The molecule has 0 unspecified atom stereocenters. The summed E-state index contributed by atoms with van der Waals surface area (Å²) < 4.78 is 10.1. The fourth-order valence-corrected chi connectivity index (χ4v) is 2.12. The minimum absolute atomic E-state index is 0.0448. The van der Waals surface area contributed by atoms with E-state index in [-0.39, 0.29) is 18.4 Å². The predicted molar refractivity (Wildman–Crippen MR) is 91.6 cm³/mol. The largest absolute Gasteiger partial charge is 0.497 e. The normalized spacial score (nSPS) is 9.96. The van der Waals surface area contributed by atoms with Gasteiger partial charge in [0.15, 0.2) is 0 Å². The molecule has 6 heteroatoms. The van der Waals surface area contributed by atoms with Gasteiger partial charge in [-0.25, -0.2) is 0 Å². The Morgan fingerprint density at radius 3 is 1.92 bits per heavy atom. The topological polar surface area (TPSA) is 67.9 Å². The quantitative estimate of drug-likeness (QED) is 0.884. The summed E-state index contributed by atoms with van der Waals surface area (Å²) in [6.45, 7) is -0.0448. The maximum Gasteiger partial charge on any atom is 0.254 e. The summed E-state index contributed by atoms with van der Waals surface area (Å²) in [6.07, 6.45) is 0. The van der Waals surface area contributed by atoms with E-state index in [0.717, 1.165) is 0 Å². The lowest BCUT2D eigenvalue weighted by molar-refractivity contribution is -0.116. The average Bonchev–Trinajstić information content (AvgIpc) is 2.61. The van der Waals surface area contributed by atoms with Crippen LogP contribution in [0.3, 0.4) is 0 Å². The van der Waals surface area contributed by atoms with Crippen LogP contribution in [-0.4, -0.2) is 44.5 Å². The number of hydrogen-bond donors (Lipinski definition) is 1. The molecule has 0 atom stereocenters. The minimum Gasteiger partial charge on any atom is -0.497 e. The highest BCUT2D eigenvalue weighted by Gasteiger charge is 2.15. The van der Waals surface area contributed by atoms with Crippen LogP contribution >= 0.6 is 0 Å². The second kappa shape index (κ2) is 8.01. The molecule has 2 aromatic carbocycles. The molecule has 1 N–H and O–H groups in total. The zero-order valence-corrected chi connectivity index (χ0v) is 13.9. The van der Waals surface area contributed by atoms with Gasteiger partial charge in [-0.15, -0.1) is 0 Å². The van der Waals surface area contributed by atoms with Crippen molar-refractivity contribution in [2.45, 2.75) is 0 Å². The smallest absolute Gasteiger partial charge is 0.254 e. The maximum atomic E-state index is 12.3. The number of nitrogens with one attached hydrogen (secondary N) is 1. The summed E-state index contributed by atoms with van der Waals surface area (Å²) in [5.41, 5.74) is 1.14. The van der Waals surface area contributed by atoms with Gasteiger partial charge in [0, 0.05) is 18.3 Å². The highest BCUT2D eigenvalue weighted by Crippen LogP contribution is 2.15. The molecule has 6 nitrogen and oxygen atoms in total. The molecule has 2 aromatic rings. The van der Waals surface area contributed by atoms with E-state index < -0.39 is 0 Å². The van der Waals surface area contributed by atoms with Gasteiger partial charge >= 0.3 is 0 Å². The SMILES string of the molecule is COc1ccc(NC(=O)CN(C)C(=O)c2ccc(OC)cc2)cc1.